The summed E-state index contributed by atoms with van der Waals surface area (Å²) in [7, 11) is 0. The summed E-state index contributed by atoms with van der Waals surface area (Å²) in [6, 6.07) is 3.03. The first-order chi connectivity index (χ1) is 15.7. The van der Waals surface area contributed by atoms with Crippen LogP contribution in [-0.2, 0) is 17.8 Å². The number of halogens is 3. The molecule has 0 spiro atoms. The van der Waals surface area contributed by atoms with Crippen LogP contribution in [0.4, 0.5) is 10.1 Å². The third kappa shape index (κ3) is 4.36. The van der Waals surface area contributed by atoms with Gasteiger partial charge in [-0.1, -0.05) is 28.4 Å². The molecule has 12 heteroatoms. The summed E-state index contributed by atoms with van der Waals surface area (Å²) < 4.78 is 20.0. The fourth-order valence-electron chi connectivity index (χ4n) is 3.69. The fraction of sp³-hybridized carbons (Fsp3) is 0.286. The Morgan fingerprint density at radius 2 is 2.03 bits per heavy atom. The van der Waals surface area contributed by atoms with Crippen molar-refractivity contribution in [3.05, 3.63) is 62.7 Å². The Balaban J connectivity index is 1.60. The lowest BCUT2D eigenvalue weighted by atomic mass is 10.1. The number of hydrogen-bond acceptors (Lipinski definition) is 6. The quantitative estimate of drug-likeness (QED) is 0.397. The number of rotatable bonds is 6. The van der Waals surface area contributed by atoms with Crippen LogP contribution in [0, 0.1) is 12.7 Å². The van der Waals surface area contributed by atoms with Crippen LogP contribution < -0.4 is 10.6 Å². The highest BCUT2D eigenvalue weighted by atomic mass is 35.5. The Morgan fingerprint density at radius 1 is 1.27 bits per heavy atom. The van der Waals surface area contributed by atoms with E-state index in [4.69, 9.17) is 27.7 Å². The van der Waals surface area contributed by atoms with E-state index in [2.05, 4.69) is 20.8 Å². The van der Waals surface area contributed by atoms with E-state index in [1.54, 1.807) is 18.4 Å². The van der Waals surface area contributed by atoms with Gasteiger partial charge in [0.15, 0.2) is 5.82 Å². The van der Waals surface area contributed by atoms with Crippen molar-refractivity contribution >= 4 is 46.5 Å². The van der Waals surface area contributed by atoms with Crippen molar-refractivity contribution in [1.29, 1.82) is 0 Å². The molecule has 0 saturated heterocycles. The average molecular weight is 494 g/mol. The second kappa shape index (κ2) is 8.95. The van der Waals surface area contributed by atoms with Crippen LogP contribution in [0.5, 0.6) is 0 Å². The van der Waals surface area contributed by atoms with Gasteiger partial charge in [-0.05, 0) is 44.9 Å². The average Bonchev–Trinajstić information content (AvgIpc) is 3.46. The van der Waals surface area contributed by atoms with E-state index >= 15 is 0 Å². The molecule has 0 saturated carbocycles. The summed E-state index contributed by atoms with van der Waals surface area (Å²) in [6.07, 6.45) is 1.17. The molecule has 0 radical (unpaired) electrons. The van der Waals surface area contributed by atoms with Crippen molar-refractivity contribution in [2.75, 3.05) is 5.32 Å². The van der Waals surface area contributed by atoms with E-state index < -0.39 is 29.5 Å². The van der Waals surface area contributed by atoms with Crippen LogP contribution in [0.1, 0.15) is 57.6 Å². The standard InChI is InChI=1S/C21H18Cl2FN5O4/c1-9(21-26-10(2)28-33-21)25-20(32)18(30)17-16(23)15(14-4-3-7-29(14)17)19(31)27-11-5-6-13(24)12(22)8-11/h5-6,8-9H,3-4,7H2,1-2H3,(H,25,32)(H,27,31)/t9-/m1/s1. The number of carbonyl (C=O) groups excluding carboxylic acids is 3. The van der Waals surface area contributed by atoms with Gasteiger partial charge in [0.2, 0.25) is 5.89 Å². The Bertz CT molecular complexity index is 1290. The van der Waals surface area contributed by atoms with Gasteiger partial charge in [0.1, 0.15) is 17.6 Å². The van der Waals surface area contributed by atoms with Gasteiger partial charge in [-0.25, -0.2) is 4.39 Å². The Hall–Kier alpha value is -3.24. The van der Waals surface area contributed by atoms with E-state index in [1.165, 1.54) is 12.1 Å². The number of fused-ring (bicyclic) bond motifs is 1. The third-order valence-corrected chi connectivity index (χ3v) is 5.85. The molecule has 9 nitrogen and oxygen atoms in total. The van der Waals surface area contributed by atoms with E-state index in [9.17, 15) is 18.8 Å². The molecule has 2 amide bonds. The van der Waals surface area contributed by atoms with Crippen molar-refractivity contribution in [1.82, 2.24) is 20.0 Å². The van der Waals surface area contributed by atoms with E-state index in [1.807, 2.05) is 0 Å². The van der Waals surface area contributed by atoms with Gasteiger partial charge in [-0.2, -0.15) is 4.98 Å². The summed E-state index contributed by atoms with van der Waals surface area (Å²) in [5.74, 6) is -2.50. The maximum Gasteiger partial charge on any atom is 0.294 e. The summed E-state index contributed by atoms with van der Waals surface area (Å²) in [6.45, 7) is 3.65. The van der Waals surface area contributed by atoms with Gasteiger partial charge in [0, 0.05) is 17.9 Å². The number of aromatic nitrogens is 3. The van der Waals surface area contributed by atoms with Gasteiger partial charge < -0.3 is 19.7 Å². The molecule has 1 aromatic carbocycles. The normalized spacial score (nSPS) is 13.5. The molecule has 3 heterocycles. The van der Waals surface area contributed by atoms with E-state index in [0.717, 1.165) is 6.07 Å². The third-order valence-electron chi connectivity index (χ3n) is 5.19. The SMILES string of the molecule is Cc1noc([C@@H](C)NC(=O)C(=O)c2c(Cl)c(C(=O)Nc3ccc(F)c(Cl)c3)c3n2CCC3)n1. The highest BCUT2D eigenvalue weighted by Crippen LogP contribution is 2.34. The minimum absolute atomic E-state index is 0.0714. The summed E-state index contributed by atoms with van der Waals surface area (Å²) in [4.78, 5) is 42.7. The predicted octanol–water partition coefficient (Wildman–Crippen LogP) is 3.88. The zero-order valence-electron chi connectivity index (χ0n) is 17.5. The first-order valence-electron chi connectivity index (χ1n) is 10.00. The molecule has 1 aliphatic rings. The lowest BCUT2D eigenvalue weighted by Crippen LogP contribution is -2.34. The highest BCUT2D eigenvalue weighted by Gasteiger charge is 2.35. The molecule has 1 aliphatic heterocycles. The summed E-state index contributed by atoms with van der Waals surface area (Å²) >= 11 is 12.2. The topological polar surface area (TPSA) is 119 Å². The molecule has 2 N–H and O–H groups in total. The maximum absolute atomic E-state index is 13.4. The second-order valence-corrected chi connectivity index (χ2v) is 8.31. The van der Waals surface area contributed by atoms with Crippen molar-refractivity contribution in [2.24, 2.45) is 0 Å². The fourth-order valence-corrected chi connectivity index (χ4v) is 4.25. The van der Waals surface area contributed by atoms with Crippen molar-refractivity contribution in [2.45, 2.75) is 39.3 Å². The minimum Gasteiger partial charge on any atom is -0.340 e. The molecule has 0 unspecified atom stereocenters. The Kier molecular flexibility index (Phi) is 6.22. The van der Waals surface area contributed by atoms with Crippen LogP contribution in [-0.4, -0.2) is 32.3 Å². The molecule has 0 aliphatic carbocycles. The van der Waals surface area contributed by atoms with Crippen molar-refractivity contribution in [3.8, 4) is 0 Å². The largest absolute Gasteiger partial charge is 0.340 e. The molecule has 0 bridgehead atoms. The second-order valence-electron chi connectivity index (χ2n) is 7.53. The molecule has 2 aromatic heterocycles. The summed E-state index contributed by atoms with van der Waals surface area (Å²) in [5, 5.41) is 8.49. The number of anilines is 1. The number of ketones is 1. The van der Waals surface area contributed by atoms with E-state index in [0.29, 0.717) is 30.9 Å². The molecule has 33 heavy (non-hydrogen) atoms. The number of nitrogens with one attached hydrogen (secondary N) is 2. The van der Waals surface area contributed by atoms with Gasteiger partial charge in [0.05, 0.1) is 15.6 Å². The number of aryl methyl sites for hydroxylation is 1. The smallest absolute Gasteiger partial charge is 0.294 e. The molecular formula is C21H18Cl2FN5O4. The lowest BCUT2D eigenvalue weighted by Gasteiger charge is -2.10. The predicted molar refractivity (Wildman–Crippen MR) is 117 cm³/mol. The Labute approximate surface area is 197 Å². The molecular weight excluding hydrogens is 476 g/mol. The number of hydrogen-bond donors (Lipinski definition) is 2. The maximum atomic E-state index is 13.4. The van der Waals surface area contributed by atoms with Crippen LogP contribution in [0.3, 0.4) is 0 Å². The molecule has 172 valence electrons. The van der Waals surface area contributed by atoms with Crippen LogP contribution in [0.25, 0.3) is 0 Å². The number of Topliss-reactive ketones (excluding diaryl/α,β-unsaturated/α-hetero) is 1. The zero-order valence-corrected chi connectivity index (χ0v) is 19.1. The van der Waals surface area contributed by atoms with Crippen LogP contribution in [0.2, 0.25) is 10.0 Å². The summed E-state index contributed by atoms with van der Waals surface area (Å²) in [5.41, 5.74) is 0.821. The highest BCUT2D eigenvalue weighted by molar-refractivity contribution is 6.48. The number of nitrogens with zero attached hydrogens (tertiary/aromatic N) is 3. The molecule has 3 aromatic rings. The van der Waals surface area contributed by atoms with Gasteiger partial charge >= 0.3 is 0 Å². The Morgan fingerprint density at radius 3 is 2.70 bits per heavy atom. The number of benzene rings is 1. The van der Waals surface area contributed by atoms with Gasteiger partial charge in [-0.3, -0.25) is 14.4 Å². The molecule has 0 fully saturated rings. The lowest BCUT2D eigenvalue weighted by molar-refractivity contribution is -0.117. The first kappa shape index (κ1) is 22.9. The van der Waals surface area contributed by atoms with E-state index in [-0.39, 0.29) is 32.9 Å². The first-order valence-corrected chi connectivity index (χ1v) is 10.8. The monoisotopic (exact) mass is 493 g/mol. The number of carbonyl (C=O) groups is 3. The van der Waals surface area contributed by atoms with Crippen molar-refractivity contribution in [3.63, 3.8) is 0 Å². The van der Waals surface area contributed by atoms with Gasteiger partial charge in [-0.15, -0.1) is 0 Å². The van der Waals surface area contributed by atoms with Crippen LogP contribution >= 0.6 is 23.2 Å². The molecule has 4 rings (SSSR count). The van der Waals surface area contributed by atoms with Crippen molar-refractivity contribution < 1.29 is 23.3 Å². The number of amides is 2. The zero-order chi connectivity index (χ0) is 23.9. The minimum atomic E-state index is -0.926. The van der Waals surface area contributed by atoms with Crippen LogP contribution in [0.15, 0.2) is 22.7 Å². The molecule has 1 atom stereocenters. The van der Waals surface area contributed by atoms with Gasteiger partial charge in [0.25, 0.3) is 17.6 Å².